The van der Waals surface area contributed by atoms with Crippen molar-refractivity contribution in [3.05, 3.63) is 35.9 Å². The van der Waals surface area contributed by atoms with E-state index in [1.54, 1.807) is 0 Å². The maximum Gasteiger partial charge on any atom is 0.0233 e. The first-order chi connectivity index (χ1) is 9.22. The van der Waals surface area contributed by atoms with E-state index in [-0.39, 0.29) is 0 Å². The molecular formula is C17H30N2. The summed E-state index contributed by atoms with van der Waals surface area (Å²) in [4.78, 5) is 2.53. The van der Waals surface area contributed by atoms with Gasteiger partial charge in [0.05, 0.1) is 0 Å². The maximum absolute atomic E-state index is 3.51. The molecule has 1 aromatic carbocycles. The van der Waals surface area contributed by atoms with Gasteiger partial charge in [-0.15, -0.1) is 0 Å². The van der Waals surface area contributed by atoms with E-state index in [9.17, 15) is 0 Å². The number of rotatable bonds is 10. The second-order valence-electron chi connectivity index (χ2n) is 5.66. The predicted octanol–water partition coefficient (Wildman–Crippen LogP) is 3.53. The fourth-order valence-corrected chi connectivity index (χ4v) is 2.17. The topological polar surface area (TPSA) is 15.3 Å². The van der Waals surface area contributed by atoms with E-state index in [0.29, 0.717) is 0 Å². The highest BCUT2D eigenvalue weighted by atomic mass is 15.1. The van der Waals surface area contributed by atoms with Crippen LogP contribution in [0.2, 0.25) is 0 Å². The summed E-state index contributed by atoms with van der Waals surface area (Å²) in [6, 6.07) is 10.8. The quantitative estimate of drug-likeness (QED) is 0.649. The van der Waals surface area contributed by atoms with Crippen LogP contribution >= 0.6 is 0 Å². The lowest BCUT2D eigenvalue weighted by Crippen LogP contribution is -2.25. The Balaban J connectivity index is 2.12. The SMILES string of the molecule is CCN(CCCCNCC(C)C)Cc1ccccc1. The summed E-state index contributed by atoms with van der Waals surface area (Å²) in [6.07, 6.45) is 2.56. The van der Waals surface area contributed by atoms with Crippen molar-refractivity contribution >= 4 is 0 Å². The lowest BCUT2D eigenvalue weighted by molar-refractivity contribution is 0.273. The van der Waals surface area contributed by atoms with Gasteiger partial charge in [-0.05, 0) is 50.5 Å². The molecule has 0 atom stereocenters. The van der Waals surface area contributed by atoms with Gasteiger partial charge in [0.25, 0.3) is 0 Å². The standard InChI is InChI=1S/C17H30N2/c1-4-19(15-17-10-6-5-7-11-17)13-9-8-12-18-14-16(2)3/h5-7,10-11,16,18H,4,8-9,12-15H2,1-3H3. The lowest BCUT2D eigenvalue weighted by atomic mass is 10.2. The van der Waals surface area contributed by atoms with E-state index < -0.39 is 0 Å². The van der Waals surface area contributed by atoms with E-state index in [4.69, 9.17) is 0 Å². The van der Waals surface area contributed by atoms with E-state index in [0.717, 1.165) is 32.1 Å². The fraction of sp³-hybridized carbons (Fsp3) is 0.647. The fourth-order valence-electron chi connectivity index (χ4n) is 2.17. The number of hydrogen-bond donors (Lipinski definition) is 1. The van der Waals surface area contributed by atoms with Gasteiger partial charge in [0.2, 0.25) is 0 Å². The molecule has 0 amide bonds. The van der Waals surface area contributed by atoms with E-state index >= 15 is 0 Å². The first-order valence-corrected chi connectivity index (χ1v) is 7.69. The summed E-state index contributed by atoms with van der Waals surface area (Å²) < 4.78 is 0. The molecule has 0 bridgehead atoms. The average Bonchev–Trinajstić information content (AvgIpc) is 2.42. The van der Waals surface area contributed by atoms with Crippen molar-refractivity contribution in [2.24, 2.45) is 5.92 Å². The molecule has 0 heterocycles. The van der Waals surface area contributed by atoms with Crippen LogP contribution in [0, 0.1) is 5.92 Å². The minimum absolute atomic E-state index is 0.755. The molecule has 0 radical (unpaired) electrons. The number of unbranched alkanes of at least 4 members (excludes halogenated alkanes) is 1. The molecule has 2 heteroatoms. The summed E-state index contributed by atoms with van der Waals surface area (Å²) in [7, 11) is 0. The van der Waals surface area contributed by atoms with Crippen LogP contribution in [0.5, 0.6) is 0 Å². The molecule has 0 unspecified atom stereocenters. The molecule has 108 valence electrons. The molecule has 0 aliphatic carbocycles. The van der Waals surface area contributed by atoms with E-state index in [2.05, 4.69) is 61.3 Å². The molecule has 0 saturated heterocycles. The van der Waals surface area contributed by atoms with E-state index in [1.165, 1.54) is 24.9 Å². The van der Waals surface area contributed by atoms with Gasteiger partial charge >= 0.3 is 0 Å². The largest absolute Gasteiger partial charge is 0.316 e. The number of nitrogens with one attached hydrogen (secondary N) is 1. The first-order valence-electron chi connectivity index (χ1n) is 7.69. The van der Waals surface area contributed by atoms with Crippen LogP contribution in [0.15, 0.2) is 30.3 Å². The number of nitrogens with zero attached hydrogens (tertiary/aromatic N) is 1. The summed E-state index contributed by atoms with van der Waals surface area (Å²) in [6.45, 7) is 12.5. The third kappa shape index (κ3) is 8.02. The molecule has 0 saturated carbocycles. The van der Waals surface area contributed by atoms with Crippen LogP contribution in [0.3, 0.4) is 0 Å². The highest BCUT2D eigenvalue weighted by Crippen LogP contribution is 2.05. The van der Waals surface area contributed by atoms with Crippen molar-refractivity contribution in [2.75, 3.05) is 26.2 Å². The molecule has 2 nitrogen and oxygen atoms in total. The zero-order valence-electron chi connectivity index (χ0n) is 12.9. The van der Waals surface area contributed by atoms with Crippen molar-refractivity contribution in [1.82, 2.24) is 10.2 Å². The van der Waals surface area contributed by atoms with Gasteiger partial charge in [-0.3, -0.25) is 4.90 Å². The Labute approximate surface area is 119 Å². The Hall–Kier alpha value is -0.860. The number of benzene rings is 1. The van der Waals surface area contributed by atoms with Gasteiger partial charge in [0, 0.05) is 6.54 Å². The first kappa shape index (κ1) is 16.2. The minimum atomic E-state index is 0.755. The van der Waals surface area contributed by atoms with Crippen LogP contribution in [-0.2, 0) is 6.54 Å². The van der Waals surface area contributed by atoms with Crippen LogP contribution < -0.4 is 5.32 Å². The summed E-state index contributed by atoms with van der Waals surface area (Å²) in [5.41, 5.74) is 1.42. The predicted molar refractivity (Wildman–Crippen MR) is 84.3 cm³/mol. The van der Waals surface area contributed by atoms with Crippen LogP contribution in [0.4, 0.5) is 0 Å². The van der Waals surface area contributed by atoms with E-state index in [1.807, 2.05) is 0 Å². The molecule has 19 heavy (non-hydrogen) atoms. The Morgan fingerprint density at radius 2 is 1.84 bits per heavy atom. The molecule has 1 N–H and O–H groups in total. The molecule has 1 rings (SSSR count). The van der Waals surface area contributed by atoms with Gasteiger partial charge in [-0.25, -0.2) is 0 Å². The zero-order chi connectivity index (χ0) is 13.9. The average molecular weight is 262 g/mol. The minimum Gasteiger partial charge on any atom is -0.316 e. The Morgan fingerprint density at radius 3 is 2.47 bits per heavy atom. The van der Waals surface area contributed by atoms with Crippen LogP contribution in [0.1, 0.15) is 39.2 Å². The van der Waals surface area contributed by atoms with Crippen LogP contribution in [0.25, 0.3) is 0 Å². The van der Waals surface area contributed by atoms with Gasteiger partial charge in [-0.2, -0.15) is 0 Å². The summed E-state index contributed by atoms with van der Waals surface area (Å²) >= 11 is 0. The van der Waals surface area contributed by atoms with Gasteiger partial charge < -0.3 is 5.32 Å². The van der Waals surface area contributed by atoms with Crippen LogP contribution in [-0.4, -0.2) is 31.1 Å². The monoisotopic (exact) mass is 262 g/mol. The smallest absolute Gasteiger partial charge is 0.0233 e. The van der Waals surface area contributed by atoms with Gasteiger partial charge in [0.15, 0.2) is 0 Å². The summed E-state index contributed by atoms with van der Waals surface area (Å²) in [5.74, 6) is 0.755. The third-order valence-electron chi connectivity index (χ3n) is 3.33. The zero-order valence-corrected chi connectivity index (χ0v) is 12.9. The highest BCUT2D eigenvalue weighted by Gasteiger charge is 2.03. The molecule has 0 aliphatic heterocycles. The molecular weight excluding hydrogens is 232 g/mol. The van der Waals surface area contributed by atoms with Gasteiger partial charge in [0.1, 0.15) is 0 Å². The number of hydrogen-bond acceptors (Lipinski definition) is 2. The third-order valence-corrected chi connectivity index (χ3v) is 3.33. The maximum atomic E-state index is 3.51. The van der Waals surface area contributed by atoms with Crippen molar-refractivity contribution < 1.29 is 0 Å². The van der Waals surface area contributed by atoms with Crippen molar-refractivity contribution in [2.45, 2.75) is 40.2 Å². The van der Waals surface area contributed by atoms with Crippen molar-refractivity contribution in [3.8, 4) is 0 Å². The molecule has 0 fully saturated rings. The molecule has 0 spiro atoms. The normalized spacial score (nSPS) is 11.4. The Kier molecular flexibility index (Phi) is 8.52. The Bertz CT molecular complexity index is 308. The molecule has 0 aliphatic rings. The van der Waals surface area contributed by atoms with Crippen molar-refractivity contribution in [3.63, 3.8) is 0 Å². The lowest BCUT2D eigenvalue weighted by Gasteiger charge is -2.20. The summed E-state index contributed by atoms with van der Waals surface area (Å²) in [5, 5.41) is 3.51. The molecule has 0 aromatic heterocycles. The van der Waals surface area contributed by atoms with Crippen molar-refractivity contribution in [1.29, 1.82) is 0 Å². The van der Waals surface area contributed by atoms with Gasteiger partial charge in [-0.1, -0.05) is 51.1 Å². The Morgan fingerprint density at radius 1 is 1.11 bits per heavy atom. The highest BCUT2D eigenvalue weighted by molar-refractivity contribution is 5.14. The second-order valence-corrected chi connectivity index (χ2v) is 5.66. The second kappa shape index (κ2) is 9.99. The molecule has 1 aromatic rings.